The first kappa shape index (κ1) is 26.6. The largest absolute Gasteiger partial charge is 0.371 e. The molecular weight excluding hydrogens is 531 g/mol. The van der Waals surface area contributed by atoms with Gasteiger partial charge >= 0.3 is 0 Å². The van der Waals surface area contributed by atoms with Crippen LogP contribution in [0.4, 0.5) is 10.1 Å². The number of benzene rings is 2. The summed E-state index contributed by atoms with van der Waals surface area (Å²) in [5.74, 6) is -0.461. The molecule has 4 heterocycles. The van der Waals surface area contributed by atoms with Crippen molar-refractivity contribution < 1.29 is 14.0 Å². The molecule has 2 fully saturated rings. The fraction of sp³-hybridized carbons (Fsp3) is 0.394. The van der Waals surface area contributed by atoms with Gasteiger partial charge in [0.15, 0.2) is 5.65 Å². The quantitative estimate of drug-likeness (QED) is 0.343. The van der Waals surface area contributed by atoms with Gasteiger partial charge in [-0.25, -0.2) is 13.9 Å². The molecule has 4 aromatic rings. The molecule has 2 amide bonds. The van der Waals surface area contributed by atoms with Gasteiger partial charge in [-0.3, -0.25) is 9.59 Å². The van der Waals surface area contributed by atoms with Crippen molar-refractivity contribution in [1.82, 2.24) is 19.5 Å². The highest BCUT2D eigenvalue weighted by Crippen LogP contribution is 2.41. The minimum absolute atomic E-state index is 0.0396. The maximum atomic E-state index is 15.6. The summed E-state index contributed by atoms with van der Waals surface area (Å²) in [7, 11) is 0. The van der Waals surface area contributed by atoms with Gasteiger partial charge in [-0.1, -0.05) is 31.2 Å². The van der Waals surface area contributed by atoms with E-state index in [-0.39, 0.29) is 29.1 Å². The zero-order valence-corrected chi connectivity index (χ0v) is 24.0. The van der Waals surface area contributed by atoms with Gasteiger partial charge in [-0.05, 0) is 73.4 Å². The second kappa shape index (κ2) is 9.93. The molecule has 42 heavy (non-hydrogen) atoms. The Balaban J connectivity index is 1.19. The van der Waals surface area contributed by atoms with E-state index in [2.05, 4.69) is 24.0 Å². The van der Waals surface area contributed by atoms with E-state index in [9.17, 15) is 9.59 Å². The Kier molecular flexibility index (Phi) is 6.29. The molecule has 2 N–H and O–H groups in total. The van der Waals surface area contributed by atoms with Crippen molar-refractivity contribution in [2.24, 2.45) is 11.1 Å². The lowest BCUT2D eigenvalue weighted by atomic mass is 9.86. The third kappa shape index (κ3) is 4.70. The van der Waals surface area contributed by atoms with Crippen LogP contribution >= 0.6 is 0 Å². The molecule has 2 atom stereocenters. The van der Waals surface area contributed by atoms with Gasteiger partial charge < -0.3 is 15.5 Å². The maximum absolute atomic E-state index is 15.6. The SMILES string of the molecule is C[C@@H]1c2ccccc2CCN1C(=O)c1cc(C2CC2)n2nc(-c3ccc(N4CC[C@@](C)(CC(N)=O)C4)cc3F)cc2n1. The van der Waals surface area contributed by atoms with Gasteiger partial charge in [-0.15, -0.1) is 0 Å². The summed E-state index contributed by atoms with van der Waals surface area (Å²) in [4.78, 5) is 34.1. The Morgan fingerprint density at radius 3 is 2.67 bits per heavy atom. The maximum Gasteiger partial charge on any atom is 0.273 e. The highest BCUT2D eigenvalue weighted by molar-refractivity contribution is 5.93. The number of hydrogen-bond donors (Lipinski definition) is 1. The molecule has 3 aliphatic rings. The van der Waals surface area contributed by atoms with Crippen molar-refractivity contribution in [2.45, 2.75) is 57.9 Å². The Labute approximate surface area is 244 Å². The van der Waals surface area contributed by atoms with E-state index in [1.165, 1.54) is 17.2 Å². The summed E-state index contributed by atoms with van der Waals surface area (Å²) < 4.78 is 17.4. The first-order chi connectivity index (χ1) is 20.2. The van der Waals surface area contributed by atoms with Gasteiger partial charge in [-0.2, -0.15) is 5.10 Å². The smallest absolute Gasteiger partial charge is 0.273 e. The molecule has 2 aromatic carbocycles. The number of carbonyl (C=O) groups is 2. The predicted molar refractivity (Wildman–Crippen MR) is 159 cm³/mol. The number of amides is 2. The minimum Gasteiger partial charge on any atom is -0.371 e. The fourth-order valence-electron chi connectivity index (χ4n) is 6.82. The summed E-state index contributed by atoms with van der Waals surface area (Å²) in [6.45, 7) is 6.15. The lowest BCUT2D eigenvalue weighted by Gasteiger charge is -2.35. The highest BCUT2D eigenvalue weighted by Gasteiger charge is 2.36. The fourth-order valence-corrected chi connectivity index (χ4v) is 6.82. The topological polar surface area (TPSA) is 96.8 Å². The van der Waals surface area contributed by atoms with Crippen LogP contribution in [-0.2, 0) is 11.2 Å². The van der Waals surface area contributed by atoms with Crippen molar-refractivity contribution in [3.63, 3.8) is 0 Å². The summed E-state index contributed by atoms with van der Waals surface area (Å²) in [6, 6.07) is 17.1. The van der Waals surface area contributed by atoms with Crippen LogP contribution in [0.25, 0.3) is 16.9 Å². The van der Waals surface area contributed by atoms with E-state index < -0.39 is 0 Å². The van der Waals surface area contributed by atoms with Gasteiger partial charge in [0.1, 0.15) is 11.5 Å². The number of primary amides is 1. The lowest BCUT2D eigenvalue weighted by Crippen LogP contribution is -2.39. The number of nitrogens with zero attached hydrogens (tertiary/aromatic N) is 5. The first-order valence-electron chi connectivity index (χ1n) is 14.8. The first-order valence-corrected chi connectivity index (χ1v) is 14.8. The third-order valence-electron chi connectivity index (χ3n) is 9.28. The van der Waals surface area contributed by atoms with Crippen LogP contribution < -0.4 is 10.6 Å². The van der Waals surface area contributed by atoms with Crippen LogP contribution in [0, 0.1) is 11.2 Å². The molecule has 1 saturated carbocycles. The van der Waals surface area contributed by atoms with Gasteiger partial charge in [0, 0.05) is 55.0 Å². The van der Waals surface area contributed by atoms with E-state index in [0.717, 1.165) is 43.6 Å². The summed E-state index contributed by atoms with van der Waals surface area (Å²) in [5, 5.41) is 4.77. The molecule has 0 radical (unpaired) electrons. The molecular formula is C33H35FN6O2. The van der Waals surface area contributed by atoms with Crippen molar-refractivity contribution in [1.29, 1.82) is 0 Å². The van der Waals surface area contributed by atoms with Gasteiger partial charge in [0.25, 0.3) is 5.91 Å². The van der Waals surface area contributed by atoms with Crippen molar-refractivity contribution in [2.75, 3.05) is 24.5 Å². The molecule has 2 aliphatic heterocycles. The number of anilines is 1. The number of fused-ring (bicyclic) bond motifs is 2. The molecule has 0 spiro atoms. The van der Waals surface area contributed by atoms with Crippen LogP contribution in [0.1, 0.15) is 78.8 Å². The molecule has 1 saturated heterocycles. The Morgan fingerprint density at radius 1 is 1.10 bits per heavy atom. The lowest BCUT2D eigenvalue weighted by molar-refractivity contribution is -0.119. The summed E-state index contributed by atoms with van der Waals surface area (Å²) >= 11 is 0. The van der Waals surface area contributed by atoms with E-state index in [1.807, 2.05) is 36.1 Å². The summed E-state index contributed by atoms with van der Waals surface area (Å²) in [6.07, 6.45) is 4.02. The Bertz CT molecular complexity index is 1730. The monoisotopic (exact) mass is 566 g/mol. The van der Waals surface area contributed by atoms with E-state index in [0.29, 0.717) is 48.0 Å². The Hall–Kier alpha value is -4.27. The average Bonchev–Trinajstić information content (AvgIpc) is 3.61. The van der Waals surface area contributed by atoms with E-state index >= 15 is 4.39 Å². The standard InChI is InChI=1S/C33H35FN6O2/c1-20-24-6-4-3-5-21(24)11-13-39(20)32(42)28-16-29(22-7-8-22)40-31(36-28)17-27(37-40)25-10-9-23(15-26(25)34)38-14-12-33(2,19-38)18-30(35)41/h3-6,9-10,15-17,20,22H,7-8,11-14,18-19H2,1-2H3,(H2,35,41)/t20-,33+/m1/s1. The number of halogens is 1. The van der Waals surface area contributed by atoms with Crippen LogP contribution in [0.3, 0.4) is 0 Å². The molecule has 2 aromatic heterocycles. The van der Waals surface area contributed by atoms with Crippen molar-refractivity contribution in [3.05, 3.63) is 82.9 Å². The number of aromatic nitrogens is 3. The van der Waals surface area contributed by atoms with E-state index in [1.54, 1.807) is 16.6 Å². The summed E-state index contributed by atoms with van der Waals surface area (Å²) in [5.41, 5.74) is 11.3. The van der Waals surface area contributed by atoms with Crippen molar-refractivity contribution >= 4 is 23.1 Å². The van der Waals surface area contributed by atoms with Crippen LogP contribution in [0.5, 0.6) is 0 Å². The van der Waals surface area contributed by atoms with Gasteiger partial charge in [0.2, 0.25) is 5.91 Å². The zero-order chi connectivity index (χ0) is 29.2. The highest BCUT2D eigenvalue weighted by atomic mass is 19.1. The molecule has 0 bridgehead atoms. The minimum atomic E-state index is -0.371. The van der Waals surface area contributed by atoms with Crippen LogP contribution in [-0.4, -0.2) is 50.9 Å². The van der Waals surface area contributed by atoms with E-state index in [4.69, 9.17) is 15.8 Å². The molecule has 0 unspecified atom stereocenters. The van der Waals surface area contributed by atoms with Crippen LogP contribution in [0.2, 0.25) is 0 Å². The van der Waals surface area contributed by atoms with Crippen LogP contribution in [0.15, 0.2) is 54.6 Å². The predicted octanol–water partition coefficient (Wildman–Crippen LogP) is 5.26. The number of rotatable bonds is 6. The third-order valence-corrected chi connectivity index (χ3v) is 9.28. The molecule has 216 valence electrons. The second-order valence-electron chi connectivity index (χ2n) is 12.6. The zero-order valence-electron chi connectivity index (χ0n) is 24.0. The Morgan fingerprint density at radius 2 is 1.90 bits per heavy atom. The number of carbonyl (C=O) groups excluding carboxylic acids is 2. The molecule has 9 heteroatoms. The number of hydrogen-bond acceptors (Lipinski definition) is 5. The molecule has 1 aliphatic carbocycles. The van der Waals surface area contributed by atoms with Crippen molar-refractivity contribution in [3.8, 4) is 11.3 Å². The normalized spacial score (nSPS) is 22.0. The molecule has 7 rings (SSSR count). The molecule has 8 nitrogen and oxygen atoms in total. The average molecular weight is 567 g/mol. The number of nitrogens with two attached hydrogens (primary N) is 1. The van der Waals surface area contributed by atoms with Gasteiger partial charge in [0.05, 0.1) is 11.7 Å². The second-order valence-corrected chi connectivity index (χ2v) is 12.6.